The first-order valence-electron chi connectivity index (χ1n) is 6.74. The number of halogens is 1. The second-order valence-electron chi connectivity index (χ2n) is 4.91. The lowest BCUT2D eigenvalue weighted by atomic mass is 9.74. The molecule has 1 nitrogen and oxygen atoms in total. The van der Waals surface area contributed by atoms with Crippen LogP contribution in [0.3, 0.4) is 0 Å². The zero-order valence-electron chi connectivity index (χ0n) is 11.0. The maximum absolute atomic E-state index is 5.48. The fourth-order valence-corrected chi connectivity index (χ4v) is 3.48. The molecule has 2 aromatic carbocycles. The number of alkyl halides is 1. The third kappa shape index (κ3) is 2.42. The number of benzene rings is 2. The quantitative estimate of drug-likeness (QED) is 0.732. The highest BCUT2D eigenvalue weighted by Gasteiger charge is 2.31. The molecule has 0 saturated heterocycles. The van der Waals surface area contributed by atoms with E-state index in [-0.39, 0.29) is 0 Å². The standard InChI is InChI=1S/C17H17BrO/c1-2-19-14-9-7-12(8-10-14)17(18)16-11-13-5-3-4-6-15(13)16/h3-10,16-17H,2,11H2,1H3. The SMILES string of the molecule is CCOc1ccc(C(Br)C2Cc3ccccc32)cc1. The summed E-state index contributed by atoms with van der Waals surface area (Å²) >= 11 is 3.86. The van der Waals surface area contributed by atoms with Crippen LogP contribution in [0.4, 0.5) is 0 Å². The molecular weight excluding hydrogens is 300 g/mol. The lowest BCUT2D eigenvalue weighted by Gasteiger charge is -2.34. The summed E-state index contributed by atoms with van der Waals surface area (Å²) in [6, 6.07) is 17.1. The Labute approximate surface area is 122 Å². The van der Waals surface area contributed by atoms with Gasteiger partial charge >= 0.3 is 0 Å². The molecule has 0 fully saturated rings. The summed E-state index contributed by atoms with van der Waals surface area (Å²) < 4.78 is 5.48. The van der Waals surface area contributed by atoms with E-state index in [1.807, 2.05) is 6.92 Å². The van der Waals surface area contributed by atoms with Crippen LogP contribution in [0, 0.1) is 0 Å². The van der Waals surface area contributed by atoms with Gasteiger partial charge in [-0.25, -0.2) is 0 Å². The molecule has 2 atom stereocenters. The zero-order valence-corrected chi connectivity index (χ0v) is 12.6. The summed E-state index contributed by atoms with van der Waals surface area (Å²) in [5.41, 5.74) is 4.30. The van der Waals surface area contributed by atoms with Gasteiger partial charge in [-0.2, -0.15) is 0 Å². The van der Waals surface area contributed by atoms with E-state index in [0.29, 0.717) is 17.4 Å². The van der Waals surface area contributed by atoms with Crippen molar-refractivity contribution in [2.45, 2.75) is 24.1 Å². The van der Waals surface area contributed by atoms with E-state index < -0.39 is 0 Å². The first-order chi connectivity index (χ1) is 9.29. The van der Waals surface area contributed by atoms with E-state index in [1.165, 1.54) is 23.1 Å². The molecule has 2 unspecified atom stereocenters. The van der Waals surface area contributed by atoms with Gasteiger partial charge in [0.2, 0.25) is 0 Å². The smallest absolute Gasteiger partial charge is 0.119 e. The normalized spacial score (nSPS) is 18.3. The second-order valence-corrected chi connectivity index (χ2v) is 5.90. The Morgan fingerprint density at radius 2 is 1.89 bits per heavy atom. The number of fused-ring (bicyclic) bond motifs is 1. The van der Waals surface area contributed by atoms with Gasteiger partial charge < -0.3 is 4.74 Å². The highest BCUT2D eigenvalue weighted by molar-refractivity contribution is 9.09. The van der Waals surface area contributed by atoms with Gasteiger partial charge in [0.15, 0.2) is 0 Å². The zero-order chi connectivity index (χ0) is 13.2. The lowest BCUT2D eigenvalue weighted by molar-refractivity contribution is 0.340. The van der Waals surface area contributed by atoms with Crippen LogP contribution < -0.4 is 4.74 Å². The maximum Gasteiger partial charge on any atom is 0.119 e. The van der Waals surface area contributed by atoms with Crippen molar-refractivity contribution in [1.29, 1.82) is 0 Å². The van der Waals surface area contributed by atoms with Gasteiger partial charge in [-0.1, -0.05) is 52.3 Å². The van der Waals surface area contributed by atoms with Crippen molar-refractivity contribution < 1.29 is 4.74 Å². The molecule has 0 radical (unpaired) electrons. The van der Waals surface area contributed by atoms with Crippen molar-refractivity contribution in [2.24, 2.45) is 0 Å². The van der Waals surface area contributed by atoms with Crippen LogP contribution in [0.1, 0.15) is 34.4 Å². The highest BCUT2D eigenvalue weighted by atomic mass is 79.9. The molecule has 0 heterocycles. The molecular formula is C17H17BrO. The predicted molar refractivity (Wildman–Crippen MR) is 82.2 cm³/mol. The Morgan fingerprint density at radius 1 is 1.16 bits per heavy atom. The van der Waals surface area contributed by atoms with E-state index in [0.717, 1.165) is 5.75 Å². The number of hydrogen-bond acceptors (Lipinski definition) is 1. The molecule has 1 aliphatic rings. The summed E-state index contributed by atoms with van der Waals surface area (Å²) in [7, 11) is 0. The van der Waals surface area contributed by atoms with Crippen molar-refractivity contribution in [3.8, 4) is 5.75 Å². The molecule has 0 saturated carbocycles. The average molecular weight is 317 g/mol. The lowest BCUT2D eigenvalue weighted by Crippen LogP contribution is -2.20. The van der Waals surface area contributed by atoms with E-state index in [2.05, 4.69) is 64.5 Å². The third-order valence-electron chi connectivity index (χ3n) is 3.76. The van der Waals surface area contributed by atoms with Crippen molar-refractivity contribution in [3.05, 3.63) is 65.2 Å². The number of hydrogen-bond donors (Lipinski definition) is 0. The minimum absolute atomic E-state index is 0.387. The summed E-state index contributed by atoms with van der Waals surface area (Å²) in [5, 5.41) is 0. The number of ether oxygens (including phenoxy) is 1. The van der Waals surface area contributed by atoms with Gasteiger partial charge in [-0.05, 0) is 42.2 Å². The summed E-state index contributed by atoms with van der Waals surface area (Å²) in [4.78, 5) is 0.387. The van der Waals surface area contributed by atoms with E-state index >= 15 is 0 Å². The fourth-order valence-electron chi connectivity index (χ4n) is 2.71. The average Bonchev–Trinajstić information content (AvgIpc) is 2.41. The molecule has 98 valence electrons. The molecule has 2 aromatic rings. The Balaban J connectivity index is 1.76. The minimum atomic E-state index is 0.387. The molecule has 0 bridgehead atoms. The van der Waals surface area contributed by atoms with Crippen molar-refractivity contribution in [1.82, 2.24) is 0 Å². The second kappa shape index (κ2) is 5.38. The van der Waals surface area contributed by atoms with Crippen LogP contribution in [-0.4, -0.2) is 6.61 Å². The van der Waals surface area contributed by atoms with Crippen LogP contribution in [0.2, 0.25) is 0 Å². The van der Waals surface area contributed by atoms with E-state index in [1.54, 1.807) is 0 Å². The first kappa shape index (κ1) is 12.7. The molecule has 3 rings (SSSR count). The topological polar surface area (TPSA) is 9.23 Å². The third-order valence-corrected chi connectivity index (χ3v) is 4.92. The van der Waals surface area contributed by atoms with Crippen LogP contribution in [0.5, 0.6) is 5.75 Å². The van der Waals surface area contributed by atoms with Gasteiger partial charge in [-0.3, -0.25) is 0 Å². The molecule has 2 heteroatoms. The van der Waals surface area contributed by atoms with Crippen LogP contribution >= 0.6 is 15.9 Å². The molecule has 19 heavy (non-hydrogen) atoms. The molecule has 0 aliphatic heterocycles. The minimum Gasteiger partial charge on any atom is -0.494 e. The summed E-state index contributed by atoms with van der Waals surface area (Å²) in [6.07, 6.45) is 1.17. The largest absolute Gasteiger partial charge is 0.494 e. The molecule has 0 N–H and O–H groups in total. The van der Waals surface area contributed by atoms with Crippen LogP contribution in [-0.2, 0) is 6.42 Å². The van der Waals surface area contributed by atoms with E-state index in [9.17, 15) is 0 Å². The van der Waals surface area contributed by atoms with Crippen LogP contribution in [0.15, 0.2) is 48.5 Å². The van der Waals surface area contributed by atoms with Gasteiger partial charge in [0.1, 0.15) is 5.75 Å². The number of rotatable bonds is 4. The highest BCUT2D eigenvalue weighted by Crippen LogP contribution is 2.47. The fraction of sp³-hybridized carbons (Fsp3) is 0.294. The van der Waals surface area contributed by atoms with E-state index in [4.69, 9.17) is 4.74 Å². The Hall–Kier alpha value is -1.28. The maximum atomic E-state index is 5.48. The molecule has 0 amide bonds. The van der Waals surface area contributed by atoms with Crippen LogP contribution in [0.25, 0.3) is 0 Å². The summed E-state index contributed by atoms with van der Waals surface area (Å²) in [5.74, 6) is 1.54. The monoisotopic (exact) mass is 316 g/mol. The first-order valence-corrected chi connectivity index (χ1v) is 7.66. The van der Waals surface area contributed by atoms with Gasteiger partial charge in [0, 0.05) is 10.7 Å². The van der Waals surface area contributed by atoms with Gasteiger partial charge in [0.05, 0.1) is 6.61 Å². The van der Waals surface area contributed by atoms with Crippen molar-refractivity contribution in [2.75, 3.05) is 6.61 Å². The molecule has 0 spiro atoms. The Kier molecular flexibility index (Phi) is 3.61. The summed E-state index contributed by atoms with van der Waals surface area (Å²) in [6.45, 7) is 2.72. The van der Waals surface area contributed by atoms with Gasteiger partial charge in [-0.15, -0.1) is 0 Å². The molecule has 1 aliphatic carbocycles. The van der Waals surface area contributed by atoms with Crippen molar-refractivity contribution in [3.63, 3.8) is 0 Å². The Bertz CT molecular complexity index is 562. The molecule has 0 aromatic heterocycles. The Morgan fingerprint density at radius 3 is 2.58 bits per heavy atom. The van der Waals surface area contributed by atoms with Gasteiger partial charge in [0.25, 0.3) is 0 Å². The predicted octanol–water partition coefficient (Wildman–Crippen LogP) is 4.86. The van der Waals surface area contributed by atoms with Crippen molar-refractivity contribution >= 4 is 15.9 Å².